The number of aromatic nitrogens is 1. The number of amides is 1. The van der Waals surface area contributed by atoms with Gasteiger partial charge in [-0.3, -0.25) is 4.79 Å². The van der Waals surface area contributed by atoms with E-state index in [-0.39, 0.29) is 12.5 Å². The number of hydrogen-bond acceptors (Lipinski definition) is 4. The summed E-state index contributed by atoms with van der Waals surface area (Å²) in [6, 6.07) is 15.6. The summed E-state index contributed by atoms with van der Waals surface area (Å²) in [7, 11) is 0. The number of aryl methyl sites for hydroxylation is 1. The standard InChI is InChI=1S/C21H19ClN2O3/c1-13-8-9-16-11-17(19(22)24-18(16)10-13)12-27-21(26)14(2)23-20(25)15-6-4-3-5-7-15/h3-11,14H,12H2,1-2H3,(H,23,25)/t14-/m0/s1. The molecule has 3 aromatic rings. The SMILES string of the molecule is Cc1ccc2cc(COC(=O)[C@H](C)NC(=O)c3ccccc3)c(Cl)nc2c1. The second kappa shape index (κ2) is 8.18. The highest BCUT2D eigenvalue weighted by molar-refractivity contribution is 6.30. The van der Waals surface area contributed by atoms with Crippen LogP contribution in [0.25, 0.3) is 10.9 Å². The van der Waals surface area contributed by atoms with Crippen molar-refractivity contribution >= 4 is 34.4 Å². The van der Waals surface area contributed by atoms with Crippen LogP contribution in [0.2, 0.25) is 5.15 Å². The minimum absolute atomic E-state index is 0.0139. The van der Waals surface area contributed by atoms with E-state index in [0.717, 1.165) is 16.5 Å². The van der Waals surface area contributed by atoms with Gasteiger partial charge in [-0.15, -0.1) is 0 Å². The third kappa shape index (κ3) is 4.63. The summed E-state index contributed by atoms with van der Waals surface area (Å²) >= 11 is 6.21. The van der Waals surface area contributed by atoms with Gasteiger partial charge in [0.2, 0.25) is 0 Å². The Hall–Kier alpha value is -2.92. The van der Waals surface area contributed by atoms with E-state index in [1.807, 2.05) is 37.3 Å². The van der Waals surface area contributed by atoms with Crippen LogP contribution >= 0.6 is 11.6 Å². The number of rotatable bonds is 5. The van der Waals surface area contributed by atoms with Crippen molar-refractivity contribution < 1.29 is 14.3 Å². The fourth-order valence-electron chi connectivity index (χ4n) is 2.60. The summed E-state index contributed by atoms with van der Waals surface area (Å²) in [6.45, 7) is 3.54. The molecule has 0 bridgehead atoms. The zero-order valence-electron chi connectivity index (χ0n) is 15.0. The van der Waals surface area contributed by atoms with E-state index in [4.69, 9.17) is 16.3 Å². The van der Waals surface area contributed by atoms with E-state index in [0.29, 0.717) is 16.3 Å². The Morgan fingerprint density at radius 2 is 1.89 bits per heavy atom. The summed E-state index contributed by atoms with van der Waals surface area (Å²) < 4.78 is 5.30. The van der Waals surface area contributed by atoms with Crippen LogP contribution in [-0.4, -0.2) is 22.9 Å². The molecule has 27 heavy (non-hydrogen) atoms. The number of hydrogen-bond donors (Lipinski definition) is 1. The van der Waals surface area contributed by atoms with E-state index in [1.165, 1.54) is 0 Å². The van der Waals surface area contributed by atoms with Crippen LogP contribution < -0.4 is 5.32 Å². The van der Waals surface area contributed by atoms with Crippen LogP contribution in [0.4, 0.5) is 0 Å². The van der Waals surface area contributed by atoms with Crippen molar-refractivity contribution in [1.29, 1.82) is 0 Å². The second-order valence-corrected chi connectivity index (χ2v) is 6.66. The van der Waals surface area contributed by atoms with E-state index in [2.05, 4.69) is 10.3 Å². The summed E-state index contributed by atoms with van der Waals surface area (Å²) in [4.78, 5) is 28.7. The predicted octanol–water partition coefficient (Wildman–Crippen LogP) is 4.06. The molecule has 6 heteroatoms. The Labute approximate surface area is 162 Å². The van der Waals surface area contributed by atoms with Gasteiger partial charge in [-0.1, -0.05) is 41.9 Å². The van der Waals surface area contributed by atoms with Gasteiger partial charge in [-0.25, -0.2) is 9.78 Å². The number of ether oxygens (including phenoxy) is 1. The van der Waals surface area contributed by atoms with Gasteiger partial charge in [0, 0.05) is 16.5 Å². The molecule has 138 valence electrons. The van der Waals surface area contributed by atoms with Gasteiger partial charge in [0.25, 0.3) is 5.91 Å². The molecule has 1 atom stereocenters. The van der Waals surface area contributed by atoms with Gasteiger partial charge in [0.15, 0.2) is 0 Å². The van der Waals surface area contributed by atoms with Gasteiger partial charge in [-0.05, 0) is 43.7 Å². The first-order valence-corrected chi connectivity index (χ1v) is 8.90. The molecule has 0 fully saturated rings. The Bertz CT molecular complexity index is 989. The molecule has 5 nitrogen and oxygen atoms in total. The first-order valence-electron chi connectivity index (χ1n) is 8.52. The molecule has 0 aliphatic carbocycles. The van der Waals surface area contributed by atoms with Crippen LogP contribution in [-0.2, 0) is 16.1 Å². The third-order valence-corrected chi connectivity index (χ3v) is 4.43. The van der Waals surface area contributed by atoms with Crippen molar-refractivity contribution in [2.45, 2.75) is 26.5 Å². The summed E-state index contributed by atoms with van der Waals surface area (Å²) in [5.74, 6) is -0.875. The van der Waals surface area contributed by atoms with Crippen LogP contribution in [0.1, 0.15) is 28.4 Å². The molecule has 1 aromatic heterocycles. The number of halogens is 1. The first-order chi connectivity index (χ1) is 12.9. The van der Waals surface area contributed by atoms with E-state index in [9.17, 15) is 9.59 Å². The smallest absolute Gasteiger partial charge is 0.328 e. The summed E-state index contributed by atoms with van der Waals surface area (Å²) in [5, 5.41) is 3.83. The van der Waals surface area contributed by atoms with Crippen molar-refractivity contribution in [2.75, 3.05) is 0 Å². The van der Waals surface area contributed by atoms with Gasteiger partial charge in [0.05, 0.1) is 5.52 Å². The normalized spacial score (nSPS) is 11.8. The largest absolute Gasteiger partial charge is 0.459 e. The summed E-state index contributed by atoms with van der Waals surface area (Å²) in [6.07, 6.45) is 0. The highest BCUT2D eigenvalue weighted by Crippen LogP contribution is 2.22. The molecule has 0 saturated carbocycles. The minimum Gasteiger partial charge on any atom is -0.459 e. The van der Waals surface area contributed by atoms with E-state index >= 15 is 0 Å². The highest BCUT2D eigenvalue weighted by atomic mass is 35.5. The molecule has 0 radical (unpaired) electrons. The molecule has 0 aliphatic heterocycles. The minimum atomic E-state index is -0.785. The zero-order chi connectivity index (χ0) is 19.4. The van der Waals surface area contributed by atoms with Gasteiger partial charge in [-0.2, -0.15) is 0 Å². The number of nitrogens with zero attached hydrogens (tertiary/aromatic N) is 1. The topological polar surface area (TPSA) is 68.3 Å². The number of carbonyl (C=O) groups is 2. The average Bonchev–Trinajstić information content (AvgIpc) is 2.66. The maximum Gasteiger partial charge on any atom is 0.328 e. The molecule has 3 rings (SSSR count). The lowest BCUT2D eigenvalue weighted by Gasteiger charge is -2.14. The van der Waals surface area contributed by atoms with Gasteiger partial charge < -0.3 is 10.1 Å². The Kier molecular flexibility index (Phi) is 5.72. The molecular weight excluding hydrogens is 364 g/mol. The Morgan fingerprint density at radius 3 is 2.63 bits per heavy atom. The summed E-state index contributed by atoms with van der Waals surface area (Å²) in [5.41, 5.74) is 2.98. The van der Waals surface area contributed by atoms with E-state index < -0.39 is 12.0 Å². The van der Waals surface area contributed by atoms with E-state index in [1.54, 1.807) is 31.2 Å². The number of benzene rings is 2. The fourth-order valence-corrected chi connectivity index (χ4v) is 2.80. The number of pyridine rings is 1. The Morgan fingerprint density at radius 1 is 1.15 bits per heavy atom. The molecule has 0 spiro atoms. The fraction of sp³-hybridized carbons (Fsp3) is 0.190. The number of carbonyl (C=O) groups excluding carboxylic acids is 2. The van der Waals surface area contributed by atoms with Gasteiger partial charge in [0.1, 0.15) is 17.8 Å². The molecule has 1 N–H and O–H groups in total. The second-order valence-electron chi connectivity index (χ2n) is 6.30. The monoisotopic (exact) mass is 382 g/mol. The van der Waals surface area contributed by atoms with Crippen LogP contribution in [0.5, 0.6) is 0 Å². The van der Waals surface area contributed by atoms with Crippen LogP contribution in [0.3, 0.4) is 0 Å². The number of esters is 1. The molecule has 0 saturated heterocycles. The average molecular weight is 383 g/mol. The third-order valence-electron chi connectivity index (χ3n) is 4.11. The van der Waals surface area contributed by atoms with Crippen molar-refractivity contribution in [3.63, 3.8) is 0 Å². The molecule has 2 aromatic carbocycles. The molecule has 1 heterocycles. The van der Waals surface area contributed by atoms with Crippen LogP contribution in [0, 0.1) is 6.92 Å². The lowest BCUT2D eigenvalue weighted by atomic mass is 10.1. The molecule has 0 aliphatic rings. The van der Waals surface area contributed by atoms with Crippen LogP contribution in [0.15, 0.2) is 54.6 Å². The molecule has 0 unspecified atom stereocenters. The molecule has 1 amide bonds. The quantitative estimate of drug-likeness (QED) is 0.533. The zero-order valence-corrected chi connectivity index (χ0v) is 15.8. The maximum atomic E-state index is 12.2. The lowest BCUT2D eigenvalue weighted by molar-refractivity contribution is -0.146. The highest BCUT2D eigenvalue weighted by Gasteiger charge is 2.18. The van der Waals surface area contributed by atoms with Crippen molar-refractivity contribution in [1.82, 2.24) is 10.3 Å². The number of fused-ring (bicyclic) bond motifs is 1. The van der Waals surface area contributed by atoms with Crippen molar-refractivity contribution in [2.24, 2.45) is 0 Å². The predicted molar refractivity (Wildman–Crippen MR) is 105 cm³/mol. The molecular formula is C21H19ClN2O3. The van der Waals surface area contributed by atoms with Gasteiger partial charge >= 0.3 is 5.97 Å². The number of nitrogens with one attached hydrogen (secondary N) is 1. The van der Waals surface area contributed by atoms with Crippen molar-refractivity contribution in [3.05, 3.63) is 76.4 Å². The lowest BCUT2D eigenvalue weighted by Crippen LogP contribution is -2.39. The van der Waals surface area contributed by atoms with Crippen molar-refractivity contribution in [3.8, 4) is 0 Å². The maximum absolute atomic E-state index is 12.2. The first kappa shape index (κ1) is 18.9. The Balaban J connectivity index is 1.63.